The lowest BCUT2D eigenvalue weighted by Gasteiger charge is -2.44. The van der Waals surface area contributed by atoms with Crippen LogP contribution in [0.4, 0.5) is 4.79 Å². The Balaban J connectivity index is 1.20. The molecule has 0 spiro atoms. The molecule has 2 bridgehead atoms. The first-order valence-electron chi connectivity index (χ1n) is 12.7. The van der Waals surface area contributed by atoms with Crippen LogP contribution in [0, 0.1) is 11.3 Å². The number of benzene rings is 2. The molecule has 2 atom stereocenters. The Kier molecular flexibility index (Phi) is 5.44. The number of carbonyl (C=O) groups is 1. The average molecular weight is 463 g/mol. The van der Waals surface area contributed by atoms with Gasteiger partial charge in [-0.05, 0) is 78.1 Å². The molecule has 34 heavy (non-hydrogen) atoms. The minimum atomic E-state index is -0.281. The number of hydrogen-bond acceptors (Lipinski definition) is 5. The van der Waals surface area contributed by atoms with E-state index in [1.807, 2.05) is 6.07 Å². The third-order valence-electron chi connectivity index (χ3n) is 8.08. The van der Waals surface area contributed by atoms with Crippen LogP contribution in [0.5, 0.6) is 11.5 Å². The monoisotopic (exact) mass is 462 g/mol. The van der Waals surface area contributed by atoms with E-state index in [9.17, 15) is 4.79 Å². The van der Waals surface area contributed by atoms with Crippen LogP contribution < -0.4 is 14.8 Å². The molecule has 3 saturated heterocycles. The normalized spacial score (nSPS) is 28.6. The van der Waals surface area contributed by atoms with Crippen LogP contribution in [0.25, 0.3) is 11.1 Å². The summed E-state index contributed by atoms with van der Waals surface area (Å²) in [7, 11) is 0. The fraction of sp³-hybridized carbons (Fsp3) is 0.536. The lowest BCUT2D eigenvalue weighted by molar-refractivity contribution is -0.0348. The standard InChI is InChI=1S/C28H34N2O4/c1-28(2)16-21-14-19(20-5-7-23-24(15-20)33-13-3-12-32-23)4-6-22(21)26(28)29-27(31)34-25-17-30-10-8-18(25)9-11-30/h4-7,14-15,18,25-26H,3,8-13,16-17H2,1-2H3,(H,29,31)/t25-,26?/m0/s1. The molecule has 2 aromatic rings. The summed E-state index contributed by atoms with van der Waals surface area (Å²) in [4.78, 5) is 15.3. The van der Waals surface area contributed by atoms with E-state index < -0.39 is 0 Å². The van der Waals surface area contributed by atoms with Crippen molar-refractivity contribution in [3.63, 3.8) is 0 Å². The molecule has 0 saturated carbocycles. The van der Waals surface area contributed by atoms with Gasteiger partial charge in [-0.1, -0.05) is 38.1 Å². The van der Waals surface area contributed by atoms with Gasteiger partial charge in [0.15, 0.2) is 11.5 Å². The summed E-state index contributed by atoms with van der Waals surface area (Å²) in [5, 5.41) is 3.22. The molecule has 6 heteroatoms. The van der Waals surface area contributed by atoms with Gasteiger partial charge in [0.05, 0.1) is 19.3 Å². The van der Waals surface area contributed by atoms with Crippen molar-refractivity contribution in [3.8, 4) is 22.6 Å². The first kappa shape index (κ1) is 21.8. The molecule has 5 aliphatic rings. The number of ether oxygens (including phenoxy) is 3. The van der Waals surface area contributed by atoms with E-state index >= 15 is 0 Å². The Morgan fingerprint density at radius 1 is 1.03 bits per heavy atom. The Bertz CT molecular complexity index is 1090. The van der Waals surface area contributed by atoms with E-state index in [0.717, 1.165) is 67.9 Å². The number of rotatable bonds is 3. The predicted octanol–water partition coefficient (Wildman–Crippen LogP) is 4.96. The summed E-state index contributed by atoms with van der Waals surface area (Å²) in [5.41, 5.74) is 4.65. The van der Waals surface area contributed by atoms with Crippen LogP contribution in [-0.4, -0.2) is 49.9 Å². The molecule has 1 unspecified atom stereocenters. The number of amides is 1. The third kappa shape index (κ3) is 4.02. The summed E-state index contributed by atoms with van der Waals surface area (Å²) >= 11 is 0. The molecule has 1 N–H and O–H groups in total. The lowest BCUT2D eigenvalue weighted by Crippen LogP contribution is -2.53. The Morgan fingerprint density at radius 3 is 2.53 bits per heavy atom. The molecular formula is C28H34N2O4. The van der Waals surface area contributed by atoms with E-state index in [-0.39, 0.29) is 23.7 Å². The molecule has 180 valence electrons. The first-order chi connectivity index (χ1) is 16.5. The second-order valence-corrected chi connectivity index (χ2v) is 11.0. The van der Waals surface area contributed by atoms with Crippen molar-refractivity contribution in [1.82, 2.24) is 10.2 Å². The van der Waals surface area contributed by atoms with E-state index in [4.69, 9.17) is 14.2 Å². The molecule has 2 aromatic carbocycles. The average Bonchev–Trinajstić information content (AvgIpc) is 2.97. The van der Waals surface area contributed by atoms with Gasteiger partial charge in [0.25, 0.3) is 0 Å². The summed E-state index contributed by atoms with van der Waals surface area (Å²) in [5.74, 6) is 2.14. The zero-order valence-corrected chi connectivity index (χ0v) is 20.1. The molecule has 4 heterocycles. The Morgan fingerprint density at radius 2 is 1.76 bits per heavy atom. The van der Waals surface area contributed by atoms with Gasteiger partial charge in [0, 0.05) is 13.0 Å². The quantitative estimate of drug-likeness (QED) is 0.699. The fourth-order valence-electron chi connectivity index (χ4n) is 6.18. The Labute approximate surface area is 201 Å². The van der Waals surface area contributed by atoms with Crippen molar-refractivity contribution in [2.24, 2.45) is 11.3 Å². The minimum Gasteiger partial charge on any atom is -0.490 e. The minimum absolute atomic E-state index is 0.0215. The number of hydrogen-bond donors (Lipinski definition) is 1. The van der Waals surface area contributed by atoms with Gasteiger partial charge in [0.2, 0.25) is 0 Å². The van der Waals surface area contributed by atoms with Crippen LogP contribution in [0.1, 0.15) is 50.3 Å². The van der Waals surface area contributed by atoms with Gasteiger partial charge in [-0.15, -0.1) is 0 Å². The molecule has 3 fully saturated rings. The predicted molar refractivity (Wildman–Crippen MR) is 130 cm³/mol. The van der Waals surface area contributed by atoms with Crippen molar-refractivity contribution in [1.29, 1.82) is 0 Å². The van der Waals surface area contributed by atoms with Crippen LogP contribution >= 0.6 is 0 Å². The van der Waals surface area contributed by atoms with E-state index in [2.05, 4.69) is 54.4 Å². The maximum absolute atomic E-state index is 12.9. The zero-order valence-electron chi connectivity index (χ0n) is 20.1. The van der Waals surface area contributed by atoms with E-state index in [0.29, 0.717) is 19.1 Å². The highest BCUT2D eigenvalue weighted by atomic mass is 16.6. The molecule has 1 amide bonds. The topological polar surface area (TPSA) is 60.0 Å². The summed E-state index contributed by atoms with van der Waals surface area (Å²) in [6.45, 7) is 8.97. The van der Waals surface area contributed by atoms with Crippen LogP contribution in [0.3, 0.4) is 0 Å². The summed E-state index contributed by atoms with van der Waals surface area (Å²) < 4.78 is 17.6. The van der Waals surface area contributed by atoms with Gasteiger partial charge in [-0.25, -0.2) is 4.79 Å². The van der Waals surface area contributed by atoms with Crippen molar-refractivity contribution in [2.45, 2.75) is 51.7 Å². The molecule has 6 nitrogen and oxygen atoms in total. The van der Waals surface area contributed by atoms with Crippen molar-refractivity contribution < 1.29 is 19.0 Å². The molecule has 0 aromatic heterocycles. The SMILES string of the molecule is CC1(C)Cc2cc(-c3ccc4c(c3)OCCCO4)ccc2C1NC(=O)O[C@H]1CN2CCC1CC2. The van der Waals surface area contributed by atoms with Crippen molar-refractivity contribution >= 4 is 6.09 Å². The molecule has 0 radical (unpaired) electrons. The second-order valence-electron chi connectivity index (χ2n) is 11.0. The largest absolute Gasteiger partial charge is 0.490 e. The number of carbonyl (C=O) groups excluding carboxylic acids is 1. The van der Waals surface area contributed by atoms with Gasteiger partial charge in [0.1, 0.15) is 6.10 Å². The molecule has 7 rings (SSSR count). The van der Waals surface area contributed by atoms with Crippen LogP contribution in [0.2, 0.25) is 0 Å². The number of nitrogens with one attached hydrogen (secondary N) is 1. The number of fused-ring (bicyclic) bond motifs is 5. The third-order valence-corrected chi connectivity index (χ3v) is 8.08. The van der Waals surface area contributed by atoms with Crippen LogP contribution in [0.15, 0.2) is 36.4 Å². The van der Waals surface area contributed by atoms with Gasteiger partial charge < -0.3 is 19.5 Å². The summed E-state index contributed by atoms with van der Waals surface area (Å²) in [6, 6.07) is 12.7. The number of nitrogens with zero attached hydrogens (tertiary/aromatic N) is 1. The highest BCUT2D eigenvalue weighted by molar-refractivity contribution is 5.71. The second kappa shape index (κ2) is 8.49. The van der Waals surface area contributed by atoms with Gasteiger partial charge in [-0.3, -0.25) is 4.90 Å². The summed E-state index contributed by atoms with van der Waals surface area (Å²) in [6.07, 6.45) is 3.82. The van der Waals surface area contributed by atoms with E-state index in [1.54, 1.807) is 0 Å². The highest BCUT2D eigenvalue weighted by Gasteiger charge is 2.42. The van der Waals surface area contributed by atoms with E-state index in [1.165, 1.54) is 11.1 Å². The molecular weight excluding hydrogens is 428 g/mol. The molecule has 1 aliphatic carbocycles. The first-order valence-corrected chi connectivity index (χ1v) is 12.7. The number of alkyl carbamates (subject to hydrolysis) is 1. The number of piperidine rings is 3. The fourth-order valence-corrected chi connectivity index (χ4v) is 6.18. The van der Waals surface area contributed by atoms with Gasteiger partial charge >= 0.3 is 6.09 Å². The van der Waals surface area contributed by atoms with Gasteiger partial charge in [-0.2, -0.15) is 0 Å². The highest BCUT2D eigenvalue weighted by Crippen LogP contribution is 2.46. The lowest BCUT2D eigenvalue weighted by atomic mass is 9.85. The van der Waals surface area contributed by atoms with Crippen molar-refractivity contribution in [2.75, 3.05) is 32.8 Å². The zero-order chi connectivity index (χ0) is 23.3. The smallest absolute Gasteiger partial charge is 0.407 e. The Hall–Kier alpha value is -2.73. The van der Waals surface area contributed by atoms with Crippen molar-refractivity contribution in [3.05, 3.63) is 47.5 Å². The van der Waals surface area contributed by atoms with Crippen LogP contribution in [-0.2, 0) is 11.2 Å². The maximum Gasteiger partial charge on any atom is 0.407 e. The molecule has 4 aliphatic heterocycles. The maximum atomic E-state index is 12.9.